The molecule has 9 nitrogen and oxygen atoms in total. The van der Waals surface area contributed by atoms with E-state index in [4.69, 9.17) is 16.0 Å². The second kappa shape index (κ2) is 10.9. The van der Waals surface area contributed by atoms with Gasteiger partial charge in [0.1, 0.15) is 17.6 Å². The molecule has 6 rings (SSSR count). The molecule has 0 saturated carbocycles. The summed E-state index contributed by atoms with van der Waals surface area (Å²) in [7, 11) is 0. The summed E-state index contributed by atoms with van der Waals surface area (Å²) in [5.74, 6) is 0.433. The van der Waals surface area contributed by atoms with E-state index in [-0.39, 0.29) is 11.5 Å². The van der Waals surface area contributed by atoms with Crippen molar-refractivity contribution < 1.29 is 4.79 Å². The number of carbonyl (C=O) groups excluding carboxylic acids is 1. The first-order chi connectivity index (χ1) is 19.6. The molecule has 0 radical (unpaired) electrons. The highest BCUT2D eigenvalue weighted by molar-refractivity contribution is 5.97. The summed E-state index contributed by atoms with van der Waals surface area (Å²) >= 11 is 0. The molecule has 5 aromatic rings. The Hall–Kier alpha value is -5.20. The number of fused-ring (bicyclic) bond motifs is 1. The highest BCUT2D eigenvalue weighted by Crippen LogP contribution is 2.33. The smallest absolute Gasteiger partial charge is 0.267 e. The van der Waals surface area contributed by atoms with E-state index in [1.54, 1.807) is 18.5 Å². The van der Waals surface area contributed by atoms with E-state index >= 15 is 0 Å². The van der Waals surface area contributed by atoms with Gasteiger partial charge in [0.15, 0.2) is 0 Å². The van der Waals surface area contributed by atoms with Crippen LogP contribution in [0.15, 0.2) is 85.2 Å². The second-order valence-corrected chi connectivity index (χ2v) is 9.69. The van der Waals surface area contributed by atoms with Gasteiger partial charge in [-0.1, -0.05) is 54.6 Å². The summed E-state index contributed by atoms with van der Waals surface area (Å²) in [6, 6.07) is 26.2. The lowest BCUT2D eigenvalue weighted by molar-refractivity contribution is 0.0995. The van der Waals surface area contributed by atoms with Crippen molar-refractivity contribution in [2.75, 3.05) is 31.1 Å². The van der Waals surface area contributed by atoms with Crippen LogP contribution in [0.4, 0.5) is 5.82 Å². The first-order valence-corrected chi connectivity index (χ1v) is 13.0. The van der Waals surface area contributed by atoms with Gasteiger partial charge in [0.25, 0.3) is 5.91 Å². The molecule has 1 aliphatic heterocycles. The van der Waals surface area contributed by atoms with Crippen LogP contribution < -0.4 is 10.6 Å². The zero-order valence-electron chi connectivity index (χ0n) is 21.7. The molecular weight excluding hydrogens is 500 g/mol. The third-order valence-corrected chi connectivity index (χ3v) is 7.11. The molecule has 0 aliphatic carbocycles. The molecule has 2 aromatic carbocycles. The van der Waals surface area contributed by atoms with Crippen LogP contribution in [-0.2, 0) is 6.54 Å². The van der Waals surface area contributed by atoms with Gasteiger partial charge in [0.05, 0.1) is 17.4 Å². The summed E-state index contributed by atoms with van der Waals surface area (Å²) in [6.45, 7) is 4.33. The van der Waals surface area contributed by atoms with Gasteiger partial charge in [-0.3, -0.25) is 9.69 Å². The van der Waals surface area contributed by atoms with Crippen LogP contribution in [-0.4, -0.2) is 56.9 Å². The predicted molar refractivity (Wildman–Crippen MR) is 153 cm³/mol. The average molecular weight is 527 g/mol. The van der Waals surface area contributed by atoms with Crippen LogP contribution in [0.1, 0.15) is 21.9 Å². The van der Waals surface area contributed by atoms with E-state index in [0.717, 1.165) is 66.3 Å². The number of nitrogens with zero attached hydrogens (tertiary/aromatic N) is 7. The van der Waals surface area contributed by atoms with Gasteiger partial charge in [-0.2, -0.15) is 5.26 Å². The molecule has 9 heteroatoms. The van der Waals surface area contributed by atoms with Crippen molar-refractivity contribution in [1.29, 1.82) is 5.26 Å². The molecule has 2 N–H and O–H groups in total. The fraction of sp³-hybridized carbons (Fsp3) is 0.161. The molecule has 1 fully saturated rings. The first kappa shape index (κ1) is 25.1. The number of primary amides is 1. The van der Waals surface area contributed by atoms with Crippen LogP contribution >= 0.6 is 0 Å². The van der Waals surface area contributed by atoms with E-state index < -0.39 is 5.91 Å². The van der Waals surface area contributed by atoms with Crippen molar-refractivity contribution in [2.24, 2.45) is 5.73 Å². The number of nitriles is 1. The number of rotatable bonds is 6. The SMILES string of the molecule is N#Cc1nccc(N2CCN(Cc3ccc(-c4nc5cnc(C(N)=O)cc5cc4-c4ccccc4)cc3)CC2)n1. The molecule has 1 saturated heterocycles. The Morgan fingerprint density at radius 1 is 0.900 bits per heavy atom. The maximum atomic E-state index is 11.7. The molecule has 40 heavy (non-hydrogen) atoms. The Morgan fingerprint density at radius 3 is 2.40 bits per heavy atom. The lowest BCUT2D eigenvalue weighted by Crippen LogP contribution is -2.46. The van der Waals surface area contributed by atoms with Crippen molar-refractivity contribution in [2.45, 2.75) is 6.54 Å². The molecule has 3 aromatic heterocycles. The maximum Gasteiger partial charge on any atom is 0.267 e. The van der Waals surface area contributed by atoms with Crippen LogP contribution in [0.3, 0.4) is 0 Å². The zero-order chi connectivity index (χ0) is 27.5. The number of carbonyl (C=O) groups is 1. The van der Waals surface area contributed by atoms with Gasteiger partial charge in [-0.05, 0) is 29.3 Å². The first-order valence-electron chi connectivity index (χ1n) is 13.0. The molecule has 0 atom stereocenters. The molecule has 0 spiro atoms. The third-order valence-electron chi connectivity index (χ3n) is 7.11. The van der Waals surface area contributed by atoms with Gasteiger partial charge in [0.2, 0.25) is 5.82 Å². The van der Waals surface area contributed by atoms with Crippen LogP contribution in [0.25, 0.3) is 33.3 Å². The van der Waals surface area contributed by atoms with Gasteiger partial charge >= 0.3 is 0 Å². The van der Waals surface area contributed by atoms with Crippen molar-refractivity contribution in [3.8, 4) is 28.5 Å². The minimum absolute atomic E-state index is 0.197. The largest absolute Gasteiger partial charge is 0.364 e. The van der Waals surface area contributed by atoms with E-state index in [1.807, 2.05) is 36.4 Å². The Labute approximate surface area is 231 Å². The van der Waals surface area contributed by atoms with Crippen LogP contribution in [0.2, 0.25) is 0 Å². The van der Waals surface area contributed by atoms with Crippen molar-refractivity contribution in [3.05, 3.63) is 102 Å². The highest BCUT2D eigenvalue weighted by atomic mass is 16.1. The number of hydrogen-bond donors (Lipinski definition) is 1. The Kier molecular flexibility index (Phi) is 6.83. The van der Waals surface area contributed by atoms with E-state index in [2.05, 4.69) is 61.1 Å². The number of hydrogen-bond acceptors (Lipinski definition) is 8. The van der Waals surface area contributed by atoms with Gasteiger partial charge in [-0.15, -0.1) is 0 Å². The standard InChI is InChI=1S/C31H26N8O/c32-18-28-34-11-10-29(37-28)39-14-12-38(13-15-39)20-21-6-8-23(9-7-21)30-25(22-4-2-1-3-5-22)16-24-17-26(31(33)40)35-19-27(24)36-30/h1-11,16-17,19H,12-15,20H2,(H2,33,40). The zero-order valence-corrected chi connectivity index (χ0v) is 21.7. The monoisotopic (exact) mass is 526 g/mol. The summed E-state index contributed by atoms with van der Waals surface area (Å²) in [4.78, 5) is 33.7. The fourth-order valence-electron chi connectivity index (χ4n) is 5.01. The number of aromatic nitrogens is 4. The predicted octanol–water partition coefficient (Wildman–Crippen LogP) is 4.05. The Balaban J connectivity index is 1.22. The quantitative estimate of drug-likeness (QED) is 0.351. The van der Waals surface area contributed by atoms with Crippen molar-refractivity contribution >= 4 is 22.6 Å². The Morgan fingerprint density at radius 2 is 1.68 bits per heavy atom. The fourth-order valence-corrected chi connectivity index (χ4v) is 5.01. The number of pyridine rings is 2. The average Bonchev–Trinajstić information content (AvgIpc) is 3.01. The number of piperazine rings is 1. The lowest BCUT2D eigenvalue weighted by Gasteiger charge is -2.35. The van der Waals surface area contributed by atoms with E-state index in [1.165, 1.54) is 5.56 Å². The summed E-state index contributed by atoms with van der Waals surface area (Å²) in [5, 5.41) is 9.90. The summed E-state index contributed by atoms with van der Waals surface area (Å²) in [6.07, 6.45) is 3.24. The number of benzene rings is 2. The lowest BCUT2D eigenvalue weighted by atomic mass is 9.97. The van der Waals surface area contributed by atoms with Gasteiger partial charge in [-0.25, -0.2) is 19.9 Å². The third kappa shape index (κ3) is 5.21. The summed E-state index contributed by atoms with van der Waals surface area (Å²) in [5.41, 5.74) is 11.5. The van der Waals surface area contributed by atoms with Crippen LogP contribution in [0, 0.1) is 11.3 Å². The van der Waals surface area contributed by atoms with Crippen molar-refractivity contribution in [1.82, 2.24) is 24.8 Å². The van der Waals surface area contributed by atoms with Crippen LogP contribution in [0.5, 0.6) is 0 Å². The maximum absolute atomic E-state index is 11.7. The molecular formula is C31H26N8O. The molecule has 4 heterocycles. The number of amides is 1. The van der Waals surface area contributed by atoms with Crippen molar-refractivity contribution in [3.63, 3.8) is 0 Å². The highest BCUT2D eigenvalue weighted by Gasteiger charge is 2.19. The van der Waals surface area contributed by atoms with E-state index in [0.29, 0.717) is 5.52 Å². The molecule has 0 unspecified atom stereocenters. The minimum atomic E-state index is -0.564. The Bertz CT molecular complexity index is 1720. The van der Waals surface area contributed by atoms with E-state index in [9.17, 15) is 4.79 Å². The topological polar surface area (TPSA) is 125 Å². The molecule has 0 bridgehead atoms. The molecule has 196 valence electrons. The number of anilines is 1. The van der Waals surface area contributed by atoms with Gasteiger partial charge < -0.3 is 10.6 Å². The normalized spacial score (nSPS) is 13.7. The molecule has 1 aliphatic rings. The number of nitrogens with two attached hydrogens (primary N) is 1. The summed E-state index contributed by atoms with van der Waals surface area (Å²) < 4.78 is 0. The second-order valence-electron chi connectivity index (χ2n) is 9.69. The minimum Gasteiger partial charge on any atom is -0.364 e. The molecule has 1 amide bonds. The van der Waals surface area contributed by atoms with Gasteiger partial charge in [0, 0.05) is 55.4 Å².